The maximum Gasteiger partial charge on any atom is 0.0960 e. The summed E-state index contributed by atoms with van der Waals surface area (Å²) in [4.78, 5) is 0. The van der Waals surface area contributed by atoms with Crippen molar-refractivity contribution in [1.29, 1.82) is 0 Å². The van der Waals surface area contributed by atoms with Crippen molar-refractivity contribution in [2.45, 2.75) is 45.4 Å². The van der Waals surface area contributed by atoms with Crippen LogP contribution in [0.2, 0.25) is 0 Å². The van der Waals surface area contributed by atoms with Crippen LogP contribution in [0.3, 0.4) is 0 Å². The smallest absolute Gasteiger partial charge is 0.0960 e. The third-order valence-electron chi connectivity index (χ3n) is 4.00. The molecule has 1 saturated heterocycles. The molecule has 0 amide bonds. The van der Waals surface area contributed by atoms with Crippen LogP contribution < -0.4 is 5.32 Å². The van der Waals surface area contributed by atoms with Crippen LogP contribution in [0.15, 0.2) is 24.3 Å². The van der Waals surface area contributed by atoms with Crippen molar-refractivity contribution < 1.29 is 4.74 Å². The number of hydrogen-bond donors (Lipinski definition) is 1. The number of nitrogens with one attached hydrogen (secondary N) is 1. The number of aromatic nitrogens is 2. The van der Waals surface area contributed by atoms with Gasteiger partial charge in [0.05, 0.1) is 24.4 Å². The Kier molecular flexibility index (Phi) is 4.33. The fourth-order valence-electron chi connectivity index (χ4n) is 2.91. The van der Waals surface area contributed by atoms with E-state index in [1.54, 1.807) is 0 Å². The topological polar surface area (TPSA) is 39.1 Å². The molecule has 1 aliphatic rings. The zero-order valence-electron chi connectivity index (χ0n) is 12.1. The molecule has 108 valence electrons. The summed E-state index contributed by atoms with van der Waals surface area (Å²) in [6.07, 6.45) is 3.83. The van der Waals surface area contributed by atoms with E-state index in [2.05, 4.69) is 41.6 Å². The molecule has 4 nitrogen and oxygen atoms in total. The third kappa shape index (κ3) is 2.86. The number of piperidine rings is 1. The van der Waals surface area contributed by atoms with Gasteiger partial charge < -0.3 is 10.1 Å². The molecule has 2 heterocycles. The summed E-state index contributed by atoms with van der Waals surface area (Å²) < 4.78 is 7.94. The molecular weight excluding hydrogens is 250 g/mol. The number of rotatable bonds is 5. The average molecular weight is 273 g/mol. The Labute approximate surface area is 120 Å². The Morgan fingerprint density at radius 3 is 3.05 bits per heavy atom. The summed E-state index contributed by atoms with van der Waals surface area (Å²) >= 11 is 0. The monoisotopic (exact) mass is 273 g/mol. The Balaban J connectivity index is 1.65. The maximum atomic E-state index is 5.89. The number of aryl methyl sites for hydroxylation is 1. The van der Waals surface area contributed by atoms with Crippen molar-refractivity contribution in [2.24, 2.45) is 0 Å². The highest BCUT2D eigenvalue weighted by Gasteiger charge is 2.14. The fraction of sp³-hybridized carbons (Fsp3) is 0.562. The van der Waals surface area contributed by atoms with Crippen molar-refractivity contribution in [2.75, 3.05) is 13.2 Å². The Bertz CT molecular complexity index is 558. The van der Waals surface area contributed by atoms with E-state index in [9.17, 15) is 0 Å². The predicted molar refractivity (Wildman–Crippen MR) is 80.7 cm³/mol. The second-order valence-electron chi connectivity index (χ2n) is 5.44. The van der Waals surface area contributed by atoms with Crippen molar-refractivity contribution in [1.82, 2.24) is 15.1 Å². The van der Waals surface area contributed by atoms with Crippen LogP contribution >= 0.6 is 0 Å². The highest BCUT2D eigenvalue weighted by Crippen LogP contribution is 2.19. The number of hydrogen-bond acceptors (Lipinski definition) is 3. The van der Waals surface area contributed by atoms with Gasteiger partial charge in [0.1, 0.15) is 0 Å². The van der Waals surface area contributed by atoms with Gasteiger partial charge in [-0.1, -0.05) is 24.6 Å². The van der Waals surface area contributed by atoms with Gasteiger partial charge in [0.15, 0.2) is 0 Å². The second-order valence-corrected chi connectivity index (χ2v) is 5.44. The molecule has 1 unspecified atom stereocenters. The molecule has 2 aromatic rings. The molecule has 1 aliphatic heterocycles. The molecule has 1 N–H and O–H groups in total. The molecule has 3 rings (SSSR count). The Morgan fingerprint density at radius 1 is 1.35 bits per heavy atom. The first-order valence-corrected chi connectivity index (χ1v) is 7.64. The van der Waals surface area contributed by atoms with E-state index >= 15 is 0 Å². The molecule has 4 heteroatoms. The Hall–Kier alpha value is -1.39. The van der Waals surface area contributed by atoms with E-state index in [-0.39, 0.29) is 0 Å². The van der Waals surface area contributed by atoms with E-state index in [4.69, 9.17) is 4.74 Å². The van der Waals surface area contributed by atoms with Crippen molar-refractivity contribution in [3.63, 3.8) is 0 Å². The first-order chi connectivity index (χ1) is 9.88. The molecule has 1 aromatic carbocycles. The lowest BCUT2D eigenvalue weighted by Crippen LogP contribution is -2.37. The number of ether oxygens (including phenoxy) is 1. The summed E-state index contributed by atoms with van der Waals surface area (Å²) in [6, 6.07) is 8.90. The largest absolute Gasteiger partial charge is 0.373 e. The molecule has 0 radical (unpaired) electrons. The zero-order valence-corrected chi connectivity index (χ0v) is 12.1. The highest BCUT2D eigenvalue weighted by atomic mass is 16.5. The lowest BCUT2D eigenvalue weighted by molar-refractivity contribution is 0.0893. The summed E-state index contributed by atoms with van der Waals surface area (Å²) in [5.74, 6) is 0. The van der Waals surface area contributed by atoms with Crippen LogP contribution in [-0.2, 0) is 17.9 Å². The molecule has 20 heavy (non-hydrogen) atoms. The number of para-hydroxylation sites is 1. The quantitative estimate of drug-likeness (QED) is 0.910. The van der Waals surface area contributed by atoms with Gasteiger partial charge in [0.25, 0.3) is 0 Å². The van der Waals surface area contributed by atoms with E-state index in [1.807, 2.05) is 4.68 Å². The van der Waals surface area contributed by atoms with Gasteiger partial charge in [0.2, 0.25) is 0 Å². The normalized spacial score (nSPS) is 19.6. The van der Waals surface area contributed by atoms with Gasteiger partial charge in [-0.05, 0) is 32.4 Å². The van der Waals surface area contributed by atoms with Crippen LogP contribution in [0.1, 0.15) is 31.9 Å². The third-order valence-corrected chi connectivity index (χ3v) is 4.00. The maximum absolute atomic E-state index is 5.89. The summed E-state index contributed by atoms with van der Waals surface area (Å²) in [6.45, 7) is 5.53. The van der Waals surface area contributed by atoms with E-state index in [1.165, 1.54) is 30.2 Å². The lowest BCUT2D eigenvalue weighted by Gasteiger charge is -2.22. The van der Waals surface area contributed by atoms with Gasteiger partial charge in [-0.2, -0.15) is 5.10 Å². The van der Waals surface area contributed by atoms with Crippen LogP contribution in [0.25, 0.3) is 10.9 Å². The molecular formula is C16H23N3O. The minimum Gasteiger partial charge on any atom is -0.373 e. The Morgan fingerprint density at radius 2 is 2.25 bits per heavy atom. The first-order valence-electron chi connectivity index (χ1n) is 7.64. The highest BCUT2D eigenvalue weighted by molar-refractivity contribution is 5.81. The summed E-state index contributed by atoms with van der Waals surface area (Å²) in [5, 5.41) is 9.38. The fourth-order valence-corrected chi connectivity index (χ4v) is 2.91. The number of nitrogens with zero attached hydrogens (tertiary/aromatic N) is 2. The summed E-state index contributed by atoms with van der Waals surface area (Å²) in [5.41, 5.74) is 2.25. The minimum atomic E-state index is 0.517. The predicted octanol–water partition coefficient (Wildman–Crippen LogP) is 2.71. The average Bonchev–Trinajstić information content (AvgIpc) is 2.87. The zero-order chi connectivity index (χ0) is 13.8. The van der Waals surface area contributed by atoms with Gasteiger partial charge in [0, 0.05) is 18.0 Å². The van der Waals surface area contributed by atoms with Crippen molar-refractivity contribution in [3.8, 4) is 0 Å². The molecule has 0 spiro atoms. The van der Waals surface area contributed by atoms with Crippen molar-refractivity contribution in [3.05, 3.63) is 30.0 Å². The number of benzene rings is 1. The lowest BCUT2D eigenvalue weighted by atomic mass is 10.1. The van der Waals surface area contributed by atoms with Crippen molar-refractivity contribution >= 4 is 10.9 Å². The summed E-state index contributed by atoms with van der Waals surface area (Å²) in [7, 11) is 0. The molecule has 1 atom stereocenters. The van der Waals surface area contributed by atoms with Crippen LogP contribution in [0.5, 0.6) is 0 Å². The second kappa shape index (κ2) is 6.37. The van der Waals surface area contributed by atoms with Gasteiger partial charge in [-0.15, -0.1) is 0 Å². The molecule has 0 saturated carbocycles. The minimum absolute atomic E-state index is 0.517. The van der Waals surface area contributed by atoms with E-state index in [0.29, 0.717) is 12.6 Å². The number of fused-ring (bicyclic) bond motifs is 1. The van der Waals surface area contributed by atoms with E-state index in [0.717, 1.165) is 25.4 Å². The van der Waals surface area contributed by atoms with Gasteiger partial charge in [-0.3, -0.25) is 4.68 Å². The first kappa shape index (κ1) is 13.6. The van der Waals surface area contributed by atoms with Gasteiger partial charge >= 0.3 is 0 Å². The molecule has 0 bridgehead atoms. The van der Waals surface area contributed by atoms with Gasteiger partial charge in [-0.25, -0.2) is 0 Å². The molecule has 0 aliphatic carbocycles. The van der Waals surface area contributed by atoms with E-state index < -0.39 is 0 Å². The van der Waals surface area contributed by atoms with Crippen LogP contribution in [0.4, 0.5) is 0 Å². The standard InChI is InChI=1S/C16H23N3O/c1-2-19-16-9-4-3-8-14(16)15(18-19)12-20-11-13-7-5-6-10-17-13/h3-4,8-9,13,17H,2,5-7,10-12H2,1H3. The molecule has 1 aromatic heterocycles. The van der Waals surface area contributed by atoms with Crippen LogP contribution in [0, 0.1) is 0 Å². The molecule has 1 fully saturated rings. The van der Waals surface area contributed by atoms with Crippen LogP contribution in [-0.4, -0.2) is 29.0 Å². The SMILES string of the molecule is CCn1nc(COCC2CCCCN2)c2ccccc21.